The maximum Gasteiger partial charge on any atom is 0.294 e. The van der Waals surface area contributed by atoms with Crippen molar-refractivity contribution in [1.82, 2.24) is 0 Å². The second-order valence-corrected chi connectivity index (χ2v) is 4.21. The molecular formula is C14H14N4O2. The normalized spacial score (nSPS) is 11.2. The van der Waals surface area contributed by atoms with Crippen LogP contribution in [0.15, 0.2) is 53.6 Å². The van der Waals surface area contributed by atoms with E-state index < -0.39 is 4.92 Å². The monoisotopic (exact) mass is 270 g/mol. The number of rotatable bonds is 4. The molecule has 0 atom stereocenters. The molecule has 0 unspecified atom stereocenters. The minimum absolute atomic E-state index is 0.0170. The topological polar surface area (TPSA) is 93.5 Å². The van der Waals surface area contributed by atoms with Gasteiger partial charge in [-0.15, -0.1) is 0 Å². The predicted molar refractivity (Wildman–Crippen MR) is 79.8 cm³/mol. The smallest absolute Gasteiger partial charge is 0.294 e. The molecule has 0 heterocycles. The third kappa shape index (κ3) is 3.11. The fourth-order valence-electron chi connectivity index (χ4n) is 1.70. The van der Waals surface area contributed by atoms with Crippen LogP contribution >= 0.6 is 0 Å². The van der Waals surface area contributed by atoms with Crippen molar-refractivity contribution in [2.45, 2.75) is 6.92 Å². The molecule has 20 heavy (non-hydrogen) atoms. The van der Waals surface area contributed by atoms with Gasteiger partial charge < -0.3 is 5.73 Å². The average Bonchev–Trinajstić information content (AvgIpc) is 2.45. The van der Waals surface area contributed by atoms with Gasteiger partial charge in [0.2, 0.25) is 0 Å². The van der Waals surface area contributed by atoms with Gasteiger partial charge in [-0.1, -0.05) is 24.3 Å². The van der Waals surface area contributed by atoms with Crippen molar-refractivity contribution in [3.63, 3.8) is 0 Å². The summed E-state index contributed by atoms with van der Waals surface area (Å²) >= 11 is 0. The molecule has 0 saturated carbocycles. The number of anilines is 2. The zero-order valence-corrected chi connectivity index (χ0v) is 10.9. The van der Waals surface area contributed by atoms with E-state index in [0.29, 0.717) is 17.1 Å². The third-order valence-electron chi connectivity index (χ3n) is 2.75. The maximum absolute atomic E-state index is 10.9. The number of nitro groups is 1. The predicted octanol–water partition coefficient (Wildman–Crippen LogP) is 3.01. The van der Waals surface area contributed by atoms with Gasteiger partial charge in [-0.25, -0.2) is 0 Å². The van der Waals surface area contributed by atoms with Crippen molar-refractivity contribution in [1.29, 1.82) is 0 Å². The van der Waals surface area contributed by atoms with Gasteiger partial charge in [0.15, 0.2) is 0 Å². The summed E-state index contributed by atoms with van der Waals surface area (Å²) in [6.07, 6.45) is 0. The van der Waals surface area contributed by atoms with E-state index >= 15 is 0 Å². The Balaban J connectivity index is 2.23. The molecule has 0 spiro atoms. The molecule has 2 aromatic rings. The summed E-state index contributed by atoms with van der Waals surface area (Å²) in [7, 11) is 0. The van der Waals surface area contributed by atoms with Crippen LogP contribution in [-0.2, 0) is 0 Å². The van der Waals surface area contributed by atoms with Gasteiger partial charge >= 0.3 is 0 Å². The summed E-state index contributed by atoms with van der Waals surface area (Å²) in [6, 6.07) is 13.6. The molecule has 6 nitrogen and oxygen atoms in total. The number of nitrogens with two attached hydrogens (primary N) is 1. The summed E-state index contributed by atoms with van der Waals surface area (Å²) in [5, 5.41) is 15.0. The lowest BCUT2D eigenvalue weighted by atomic mass is 10.1. The first-order chi connectivity index (χ1) is 9.58. The van der Waals surface area contributed by atoms with E-state index in [1.807, 2.05) is 12.1 Å². The number of hydrogen-bond acceptors (Lipinski definition) is 5. The van der Waals surface area contributed by atoms with Crippen molar-refractivity contribution >= 4 is 22.8 Å². The maximum atomic E-state index is 10.9. The summed E-state index contributed by atoms with van der Waals surface area (Å²) < 4.78 is 0. The van der Waals surface area contributed by atoms with Crippen molar-refractivity contribution < 1.29 is 4.92 Å². The molecule has 2 rings (SSSR count). The number of nitrogens with zero attached hydrogens (tertiary/aromatic N) is 2. The fourth-order valence-corrected chi connectivity index (χ4v) is 1.70. The lowest BCUT2D eigenvalue weighted by Crippen LogP contribution is -2.02. The lowest BCUT2D eigenvalue weighted by molar-refractivity contribution is -0.384. The number of nitro benzene ring substituents is 1. The number of benzene rings is 2. The molecule has 0 fully saturated rings. The number of para-hydroxylation sites is 2. The first-order valence-electron chi connectivity index (χ1n) is 5.97. The molecule has 0 aliphatic rings. The number of nitrogens with one attached hydrogen (secondary N) is 1. The highest BCUT2D eigenvalue weighted by Gasteiger charge is 2.11. The van der Waals surface area contributed by atoms with Gasteiger partial charge in [0, 0.05) is 11.8 Å². The van der Waals surface area contributed by atoms with E-state index in [0.717, 1.165) is 5.56 Å². The van der Waals surface area contributed by atoms with Gasteiger partial charge in [-0.2, -0.15) is 5.10 Å². The van der Waals surface area contributed by atoms with Crippen molar-refractivity contribution in [2.24, 2.45) is 5.10 Å². The number of hydrogen-bond donors (Lipinski definition) is 2. The fraction of sp³-hybridized carbons (Fsp3) is 0.0714. The molecule has 102 valence electrons. The van der Waals surface area contributed by atoms with Gasteiger partial charge in [-0.3, -0.25) is 15.5 Å². The van der Waals surface area contributed by atoms with Crippen molar-refractivity contribution in [2.75, 3.05) is 11.2 Å². The van der Waals surface area contributed by atoms with Crippen molar-refractivity contribution in [3.8, 4) is 0 Å². The lowest BCUT2D eigenvalue weighted by Gasteiger charge is -2.05. The highest BCUT2D eigenvalue weighted by molar-refractivity contribution is 5.99. The Morgan fingerprint density at radius 2 is 2.00 bits per heavy atom. The van der Waals surface area contributed by atoms with E-state index in [4.69, 9.17) is 5.73 Å². The Morgan fingerprint density at radius 1 is 1.25 bits per heavy atom. The van der Waals surface area contributed by atoms with E-state index in [1.165, 1.54) is 6.07 Å². The Hall–Kier alpha value is -2.89. The first-order valence-corrected chi connectivity index (χ1v) is 5.97. The Morgan fingerprint density at radius 3 is 2.70 bits per heavy atom. The highest BCUT2D eigenvalue weighted by Crippen LogP contribution is 2.23. The van der Waals surface area contributed by atoms with E-state index in [9.17, 15) is 10.1 Å². The van der Waals surface area contributed by atoms with Crippen LogP contribution in [0.4, 0.5) is 17.1 Å². The van der Waals surface area contributed by atoms with Crippen LogP contribution in [0.5, 0.6) is 0 Å². The van der Waals surface area contributed by atoms with E-state index in [-0.39, 0.29) is 5.69 Å². The van der Waals surface area contributed by atoms with Crippen LogP contribution in [0.1, 0.15) is 12.5 Å². The molecule has 0 amide bonds. The number of hydrazone groups is 1. The van der Waals surface area contributed by atoms with Gasteiger partial charge in [0.05, 0.1) is 10.6 Å². The largest absolute Gasteiger partial charge is 0.399 e. The molecular weight excluding hydrogens is 256 g/mol. The van der Waals surface area contributed by atoms with Crippen LogP contribution in [0.3, 0.4) is 0 Å². The molecule has 2 aromatic carbocycles. The van der Waals surface area contributed by atoms with E-state index in [1.54, 1.807) is 37.3 Å². The van der Waals surface area contributed by atoms with Crippen LogP contribution in [-0.4, -0.2) is 10.6 Å². The minimum Gasteiger partial charge on any atom is -0.399 e. The van der Waals surface area contributed by atoms with Crippen LogP contribution in [0.2, 0.25) is 0 Å². The molecule has 6 heteroatoms. The third-order valence-corrected chi connectivity index (χ3v) is 2.75. The van der Waals surface area contributed by atoms with Crippen LogP contribution < -0.4 is 11.2 Å². The zero-order chi connectivity index (χ0) is 14.5. The summed E-state index contributed by atoms with van der Waals surface area (Å²) in [6.45, 7) is 1.80. The van der Waals surface area contributed by atoms with Crippen LogP contribution in [0.25, 0.3) is 0 Å². The van der Waals surface area contributed by atoms with Crippen LogP contribution in [0, 0.1) is 10.1 Å². The van der Waals surface area contributed by atoms with E-state index in [2.05, 4.69) is 10.5 Å². The first kappa shape index (κ1) is 13.5. The molecule has 0 aliphatic heterocycles. The minimum atomic E-state index is -0.451. The molecule has 0 aliphatic carbocycles. The summed E-state index contributed by atoms with van der Waals surface area (Å²) in [5.74, 6) is 0. The highest BCUT2D eigenvalue weighted by atomic mass is 16.6. The Bertz CT molecular complexity index is 668. The number of nitrogen functional groups attached to an aromatic ring is 1. The Kier molecular flexibility index (Phi) is 3.95. The van der Waals surface area contributed by atoms with Crippen molar-refractivity contribution in [3.05, 3.63) is 64.2 Å². The molecule has 3 N–H and O–H groups in total. The Labute approximate surface area is 116 Å². The molecule has 0 bridgehead atoms. The SMILES string of the molecule is CC(=NNc1ccccc1[N+](=O)[O-])c1cccc(N)c1. The standard InChI is InChI=1S/C14H14N4O2/c1-10(11-5-4-6-12(15)9-11)16-17-13-7-2-3-8-14(13)18(19)20/h2-9,17H,15H2,1H3. The second kappa shape index (κ2) is 5.83. The zero-order valence-electron chi connectivity index (χ0n) is 10.9. The second-order valence-electron chi connectivity index (χ2n) is 4.21. The van der Waals surface area contributed by atoms with Gasteiger partial charge in [-0.05, 0) is 30.7 Å². The van der Waals surface area contributed by atoms with Gasteiger partial charge in [0.1, 0.15) is 5.69 Å². The van der Waals surface area contributed by atoms with Gasteiger partial charge in [0.25, 0.3) is 5.69 Å². The molecule has 0 radical (unpaired) electrons. The summed E-state index contributed by atoms with van der Waals surface area (Å²) in [4.78, 5) is 10.4. The molecule has 0 saturated heterocycles. The summed E-state index contributed by atoms with van der Waals surface area (Å²) in [5.41, 5.74) is 10.9. The average molecular weight is 270 g/mol. The quantitative estimate of drug-likeness (QED) is 0.386. The molecule has 0 aromatic heterocycles.